The molecule has 0 aliphatic heterocycles. The maximum atomic E-state index is 5.47. The molecular formula is C56H37N5. The summed E-state index contributed by atoms with van der Waals surface area (Å²) in [6.45, 7) is 0. The molecule has 11 aromatic rings. The highest BCUT2D eigenvalue weighted by Gasteiger charge is 2.24. The second kappa shape index (κ2) is 15.5. The average Bonchev–Trinajstić information content (AvgIpc) is 3.76. The van der Waals surface area contributed by atoms with Crippen molar-refractivity contribution in [3.05, 3.63) is 224 Å². The van der Waals surface area contributed by atoms with E-state index in [4.69, 9.17) is 20.1 Å². The Kier molecular flexibility index (Phi) is 9.10. The van der Waals surface area contributed by atoms with E-state index in [1.54, 1.807) is 0 Å². The first kappa shape index (κ1) is 35.8. The Morgan fingerprint density at radius 1 is 0.295 bits per heavy atom. The van der Waals surface area contributed by atoms with Crippen molar-refractivity contribution in [1.82, 2.24) is 24.7 Å². The van der Waals surface area contributed by atoms with E-state index in [0.29, 0.717) is 17.5 Å². The van der Waals surface area contributed by atoms with E-state index in [1.165, 1.54) is 0 Å². The van der Waals surface area contributed by atoms with Crippen LogP contribution in [0.5, 0.6) is 0 Å². The molecule has 5 nitrogen and oxygen atoms in total. The minimum absolute atomic E-state index is 0.580. The van der Waals surface area contributed by atoms with Gasteiger partial charge in [-0.2, -0.15) is 5.10 Å². The molecule has 0 fully saturated rings. The van der Waals surface area contributed by atoms with Gasteiger partial charge < -0.3 is 0 Å². The predicted molar refractivity (Wildman–Crippen MR) is 250 cm³/mol. The SMILES string of the molecule is c1ccc(-c2cccc(-c3nc(-c4cccc(-c5ccccc5)c4)nc(-c4cccc5cc(-c6ccccc6)c6c(-c7ccccc7)nn(-c7ccccc7)c6c45)n3)c2)cc1. The highest BCUT2D eigenvalue weighted by atomic mass is 15.3. The molecule has 0 bridgehead atoms. The Morgan fingerprint density at radius 3 is 1.30 bits per heavy atom. The van der Waals surface area contributed by atoms with Crippen LogP contribution in [0, 0.1) is 0 Å². The van der Waals surface area contributed by atoms with Gasteiger partial charge in [0.05, 0.1) is 11.2 Å². The molecule has 0 radical (unpaired) electrons. The van der Waals surface area contributed by atoms with Crippen molar-refractivity contribution >= 4 is 21.7 Å². The molecule has 0 aliphatic rings. The second-order valence-corrected chi connectivity index (χ2v) is 15.1. The van der Waals surface area contributed by atoms with Crippen LogP contribution in [0.2, 0.25) is 0 Å². The Labute approximate surface area is 354 Å². The van der Waals surface area contributed by atoms with Gasteiger partial charge in [-0.15, -0.1) is 0 Å². The standard InChI is InChI=1S/C56H37N5/c1-6-19-38(20-7-1)42-27-16-30-45(35-42)54-57-55(46-31-17-28-43(36-46)39-21-8-2-9-22-39)59-56(58-54)48-34-18-29-44-37-49(40-23-10-3-11-24-40)51-52(41-25-12-4-13-26-41)60-61(53(51)50(44)48)47-32-14-5-15-33-47/h1-37H. The number of nitrogens with zero attached hydrogens (tertiary/aromatic N) is 5. The normalized spacial score (nSPS) is 11.3. The van der Waals surface area contributed by atoms with E-state index in [-0.39, 0.29) is 0 Å². The van der Waals surface area contributed by atoms with Crippen molar-refractivity contribution in [2.24, 2.45) is 0 Å². The van der Waals surface area contributed by atoms with Crippen molar-refractivity contribution in [1.29, 1.82) is 0 Å². The van der Waals surface area contributed by atoms with Gasteiger partial charge in [-0.3, -0.25) is 0 Å². The first-order valence-corrected chi connectivity index (χ1v) is 20.5. The first-order valence-electron chi connectivity index (χ1n) is 20.5. The van der Waals surface area contributed by atoms with Crippen LogP contribution in [0.25, 0.3) is 106 Å². The molecule has 0 aliphatic carbocycles. The molecule has 61 heavy (non-hydrogen) atoms. The quantitative estimate of drug-likeness (QED) is 0.154. The number of hydrogen-bond donors (Lipinski definition) is 0. The Morgan fingerprint density at radius 2 is 0.738 bits per heavy atom. The van der Waals surface area contributed by atoms with E-state index >= 15 is 0 Å². The van der Waals surface area contributed by atoms with Gasteiger partial charge in [0.15, 0.2) is 17.5 Å². The fourth-order valence-corrected chi connectivity index (χ4v) is 8.36. The van der Waals surface area contributed by atoms with Crippen LogP contribution in [0.4, 0.5) is 0 Å². The predicted octanol–water partition coefficient (Wildman–Crippen LogP) is 14.0. The van der Waals surface area contributed by atoms with Crippen molar-refractivity contribution in [2.75, 3.05) is 0 Å². The van der Waals surface area contributed by atoms with E-state index in [0.717, 1.165) is 88.7 Å². The van der Waals surface area contributed by atoms with Gasteiger partial charge in [-0.05, 0) is 69.1 Å². The summed E-state index contributed by atoms with van der Waals surface area (Å²) in [5, 5.41) is 8.59. The largest absolute Gasteiger partial charge is 0.232 e. The summed E-state index contributed by atoms with van der Waals surface area (Å²) in [5.74, 6) is 1.77. The third-order valence-corrected chi connectivity index (χ3v) is 11.3. The van der Waals surface area contributed by atoms with Crippen LogP contribution in [-0.4, -0.2) is 24.7 Å². The lowest BCUT2D eigenvalue weighted by Crippen LogP contribution is -2.02. The maximum Gasteiger partial charge on any atom is 0.164 e. The Balaban J connectivity index is 1.22. The summed E-state index contributed by atoms with van der Waals surface area (Å²) in [4.78, 5) is 16.0. The van der Waals surface area contributed by atoms with Gasteiger partial charge in [-0.1, -0.05) is 194 Å². The Bertz CT molecular complexity index is 3230. The smallest absolute Gasteiger partial charge is 0.164 e. The molecule has 0 N–H and O–H groups in total. The lowest BCUT2D eigenvalue weighted by molar-refractivity contribution is 0.918. The van der Waals surface area contributed by atoms with E-state index in [1.807, 2.05) is 24.3 Å². The first-order chi connectivity index (χ1) is 30.2. The molecule has 0 atom stereocenters. The second-order valence-electron chi connectivity index (χ2n) is 15.1. The summed E-state index contributed by atoms with van der Waals surface area (Å²) in [6.07, 6.45) is 0. The Hall–Kier alpha value is -8.28. The molecule has 0 amide bonds. The molecule has 0 spiro atoms. The lowest BCUT2D eigenvalue weighted by Gasteiger charge is -2.15. The third kappa shape index (κ3) is 6.74. The molecule has 11 rings (SSSR count). The molecule has 0 saturated heterocycles. The maximum absolute atomic E-state index is 5.47. The van der Waals surface area contributed by atoms with Gasteiger partial charge in [0, 0.05) is 33.0 Å². The zero-order valence-electron chi connectivity index (χ0n) is 33.1. The molecule has 9 aromatic carbocycles. The number of aromatic nitrogens is 5. The number of hydrogen-bond acceptors (Lipinski definition) is 4. The minimum Gasteiger partial charge on any atom is -0.232 e. The third-order valence-electron chi connectivity index (χ3n) is 11.3. The highest BCUT2D eigenvalue weighted by molar-refractivity contribution is 6.20. The van der Waals surface area contributed by atoms with Crippen LogP contribution in [-0.2, 0) is 0 Å². The van der Waals surface area contributed by atoms with Crippen molar-refractivity contribution in [3.63, 3.8) is 0 Å². The molecule has 5 heteroatoms. The number of rotatable bonds is 8. The molecule has 0 saturated carbocycles. The van der Waals surface area contributed by atoms with Crippen molar-refractivity contribution < 1.29 is 0 Å². The number of benzene rings is 9. The lowest BCUT2D eigenvalue weighted by atomic mass is 9.92. The van der Waals surface area contributed by atoms with Crippen LogP contribution in [0.1, 0.15) is 0 Å². The molecule has 286 valence electrons. The summed E-state index contributed by atoms with van der Waals surface area (Å²) in [6, 6.07) is 78.0. The minimum atomic E-state index is 0.580. The monoisotopic (exact) mass is 779 g/mol. The van der Waals surface area contributed by atoms with E-state index < -0.39 is 0 Å². The van der Waals surface area contributed by atoms with Gasteiger partial charge in [0.1, 0.15) is 5.69 Å². The summed E-state index contributed by atoms with van der Waals surface area (Å²) in [7, 11) is 0. The van der Waals surface area contributed by atoms with Crippen molar-refractivity contribution in [3.8, 4) is 84.5 Å². The van der Waals surface area contributed by atoms with Crippen LogP contribution >= 0.6 is 0 Å². The zero-order valence-corrected chi connectivity index (χ0v) is 33.1. The summed E-state index contributed by atoms with van der Waals surface area (Å²) >= 11 is 0. The van der Waals surface area contributed by atoms with Crippen LogP contribution in [0.3, 0.4) is 0 Å². The fraction of sp³-hybridized carbons (Fsp3) is 0. The van der Waals surface area contributed by atoms with Gasteiger partial charge in [0.25, 0.3) is 0 Å². The van der Waals surface area contributed by atoms with Gasteiger partial charge in [0.2, 0.25) is 0 Å². The topological polar surface area (TPSA) is 56.5 Å². The summed E-state index contributed by atoms with van der Waals surface area (Å²) in [5.41, 5.74) is 13.3. The fourth-order valence-electron chi connectivity index (χ4n) is 8.36. The molecule has 2 heterocycles. The number of fused-ring (bicyclic) bond motifs is 3. The molecular weight excluding hydrogens is 743 g/mol. The van der Waals surface area contributed by atoms with Crippen LogP contribution in [0.15, 0.2) is 224 Å². The van der Waals surface area contributed by atoms with Gasteiger partial charge >= 0.3 is 0 Å². The summed E-state index contributed by atoms with van der Waals surface area (Å²) < 4.78 is 2.10. The average molecular weight is 780 g/mol. The van der Waals surface area contributed by atoms with E-state index in [2.05, 4.69) is 205 Å². The zero-order chi connectivity index (χ0) is 40.5. The number of para-hydroxylation sites is 1. The molecule has 0 unspecified atom stereocenters. The van der Waals surface area contributed by atoms with Crippen LogP contribution < -0.4 is 0 Å². The molecule has 2 aromatic heterocycles. The van der Waals surface area contributed by atoms with Gasteiger partial charge in [-0.25, -0.2) is 19.6 Å². The highest BCUT2D eigenvalue weighted by Crippen LogP contribution is 2.44. The van der Waals surface area contributed by atoms with E-state index in [9.17, 15) is 0 Å². The van der Waals surface area contributed by atoms with Crippen molar-refractivity contribution in [2.45, 2.75) is 0 Å².